The minimum atomic E-state index is -3.32. The summed E-state index contributed by atoms with van der Waals surface area (Å²) in [7, 11) is -0.286. The van der Waals surface area contributed by atoms with Gasteiger partial charge in [0.25, 0.3) is 5.91 Å². The highest BCUT2D eigenvalue weighted by Crippen LogP contribution is 2.28. The summed E-state index contributed by atoms with van der Waals surface area (Å²) in [5, 5.41) is 0. The Morgan fingerprint density at radius 2 is 1.83 bits per heavy atom. The van der Waals surface area contributed by atoms with Crippen LogP contribution < -0.4 is 14.3 Å². The Morgan fingerprint density at radius 3 is 2.45 bits per heavy atom. The highest BCUT2D eigenvalue weighted by Gasteiger charge is 2.14. The van der Waals surface area contributed by atoms with E-state index in [4.69, 9.17) is 9.47 Å². The van der Waals surface area contributed by atoms with Gasteiger partial charge in [0.1, 0.15) is 0 Å². The summed E-state index contributed by atoms with van der Waals surface area (Å²) in [6.07, 6.45) is 2.02. The van der Waals surface area contributed by atoms with E-state index in [1.807, 2.05) is 11.5 Å². The number of amides is 1. The van der Waals surface area contributed by atoms with Crippen molar-refractivity contribution in [2.24, 2.45) is 4.99 Å². The molecule has 2 aromatic carbocycles. The number of hydrogen-bond acceptors (Lipinski definition) is 6. The molecule has 0 atom stereocenters. The third-order valence-corrected chi connectivity index (χ3v) is 6.51. The van der Waals surface area contributed by atoms with Crippen LogP contribution in [0.2, 0.25) is 0 Å². The maximum Gasteiger partial charge on any atom is 0.279 e. The number of fused-ring (bicyclic) bond motifs is 1. The zero-order valence-corrected chi connectivity index (χ0v) is 18.3. The normalized spacial score (nSPS) is 12.3. The first-order chi connectivity index (χ1) is 13.8. The van der Waals surface area contributed by atoms with E-state index in [1.165, 1.54) is 31.8 Å². The highest BCUT2D eigenvalue weighted by molar-refractivity contribution is 7.90. The Balaban J connectivity index is 2.13. The second-order valence-corrected chi connectivity index (χ2v) is 9.45. The second kappa shape index (κ2) is 8.38. The lowest BCUT2D eigenvalue weighted by Crippen LogP contribution is -2.16. The number of rotatable bonds is 6. The summed E-state index contributed by atoms with van der Waals surface area (Å²) >= 11 is 1.29. The molecule has 154 valence electrons. The summed E-state index contributed by atoms with van der Waals surface area (Å²) in [6, 6.07) is 9.84. The number of benzene rings is 2. The number of methoxy groups -OCH3 is 2. The predicted octanol–water partition coefficient (Wildman–Crippen LogP) is 3.27. The topological polar surface area (TPSA) is 87.0 Å². The van der Waals surface area contributed by atoms with Crippen LogP contribution in [0, 0.1) is 0 Å². The van der Waals surface area contributed by atoms with Crippen LogP contribution in [0.3, 0.4) is 0 Å². The Labute approximate surface area is 173 Å². The SMILES string of the molecule is CCCn1c(=NC(=O)c2ccc(OC)c(OC)c2)sc2cc(S(C)(=O)=O)ccc21. The molecule has 0 unspecified atom stereocenters. The Hall–Kier alpha value is -2.65. The minimum absolute atomic E-state index is 0.243. The van der Waals surface area contributed by atoms with E-state index in [9.17, 15) is 13.2 Å². The molecule has 1 heterocycles. The van der Waals surface area contributed by atoms with Gasteiger partial charge in [-0.1, -0.05) is 18.3 Å². The fraction of sp³-hybridized carbons (Fsp3) is 0.300. The van der Waals surface area contributed by atoms with Crippen LogP contribution in [0.1, 0.15) is 23.7 Å². The third-order valence-electron chi connectivity index (χ3n) is 4.36. The number of aromatic nitrogens is 1. The van der Waals surface area contributed by atoms with Crippen molar-refractivity contribution in [2.45, 2.75) is 24.8 Å². The first kappa shape index (κ1) is 21.1. The lowest BCUT2D eigenvalue weighted by Gasteiger charge is -2.07. The minimum Gasteiger partial charge on any atom is -0.493 e. The van der Waals surface area contributed by atoms with Gasteiger partial charge in [-0.25, -0.2) is 8.42 Å². The van der Waals surface area contributed by atoms with Crippen molar-refractivity contribution in [3.8, 4) is 11.5 Å². The molecule has 9 heteroatoms. The van der Waals surface area contributed by atoms with Crippen LogP contribution in [0.15, 0.2) is 46.3 Å². The van der Waals surface area contributed by atoms with E-state index in [0.29, 0.717) is 28.4 Å². The van der Waals surface area contributed by atoms with E-state index in [-0.39, 0.29) is 4.90 Å². The smallest absolute Gasteiger partial charge is 0.279 e. The van der Waals surface area contributed by atoms with Crippen LogP contribution in [0.4, 0.5) is 0 Å². The molecule has 0 fully saturated rings. The van der Waals surface area contributed by atoms with Gasteiger partial charge in [-0.15, -0.1) is 0 Å². The van der Waals surface area contributed by atoms with Crippen LogP contribution in [0.5, 0.6) is 11.5 Å². The summed E-state index contributed by atoms with van der Waals surface area (Å²) in [6.45, 7) is 2.69. The summed E-state index contributed by atoms with van der Waals surface area (Å²) in [5.74, 6) is 0.565. The maximum absolute atomic E-state index is 12.8. The molecule has 0 aliphatic heterocycles. The number of carbonyl (C=O) groups is 1. The summed E-state index contributed by atoms with van der Waals surface area (Å²) in [5.41, 5.74) is 1.23. The molecule has 3 rings (SSSR count). The van der Waals surface area contributed by atoms with Gasteiger partial charge in [-0.3, -0.25) is 4.79 Å². The molecule has 0 bridgehead atoms. The van der Waals surface area contributed by atoms with E-state index < -0.39 is 15.7 Å². The van der Waals surface area contributed by atoms with E-state index in [1.54, 1.807) is 36.4 Å². The number of aryl methyl sites for hydroxylation is 1. The van der Waals surface area contributed by atoms with Crippen LogP contribution in [0.25, 0.3) is 10.2 Å². The second-order valence-electron chi connectivity index (χ2n) is 6.42. The molecule has 0 saturated heterocycles. The average molecular weight is 435 g/mol. The van der Waals surface area contributed by atoms with Gasteiger partial charge in [0.15, 0.2) is 26.1 Å². The van der Waals surface area contributed by atoms with Gasteiger partial charge < -0.3 is 14.0 Å². The zero-order valence-electron chi connectivity index (χ0n) is 16.6. The van der Waals surface area contributed by atoms with E-state index in [0.717, 1.165) is 16.6 Å². The largest absolute Gasteiger partial charge is 0.493 e. The van der Waals surface area contributed by atoms with Crippen LogP contribution >= 0.6 is 11.3 Å². The molecule has 0 radical (unpaired) electrons. The standard InChI is InChI=1S/C20H22N2O5S2/c1-5-10-22-15-8-7-14(29(4,24)25)12-18(15)28-20(22)21-19(23)13-6-9-16(26-2)17(11-13)27-3/h6-9,11-12H,5,10H2,1-4H3. The first-order valence-corrected chi connectivity index (χ1v) is 11.6. The number of nitrogens with zero attached hydrogens (tertiary/aromatic N) is 2. The third kappa shape index (κ3) is 4.35. The average Bonchev–Trinajstić information content (AvgIpc) is 3.03. The van der Waals surface area contributed by atoms with Gasteiger partial charge in [-0.2, -0.15) is 4.99 Å². The number of thiazole rings is 1. The molecular formula is C20H22N2O5S2. The van der Waals surface area contributed by atoms with Gasteiger partial charge in [0.2, 0.25) is 0 Å². The molecule has 7 nitrogen and oxygen atoms in total. The van der Waals surface area contributed by atoms with Crippen molar-refractivity contribution >= 4 is 37.3 Å². The molecule has 0 saturated carbocycles. The molecule has 0 spiro atoms. The molecule has 0 N–H and O–H groups in total. The zero-order chi connectivity index (χ0) is 21.2. The first-order valence-electron chi connectivity index (χ1n) is 8.93. The predicted molar refractivity (Wildman–Crippen MR) is 113 cm³/mol. The molecular weight excluding hydrogens is 412 g/mol. The summed E-state index contributed by atoms with van der Waals surface area (Å²) < 4.78 is 36.9. The fourth-order valence-electron chi connectivity index (χ4n) is 2.93. The van der Waals surface area contributed by atoms with E-state index >= 15 is 0 Å². The van der Waals surface area contributed by atoms with Crippen molar-refractivity contribution in [3.63, 3.8) is 0 Å². The van der Waals surface area contributed by atoms with Crippen molar-refractivity contribution in [1.29, 1.82) is 0 Å². The van der Waals surface area contributed by atoms with Gasteiger partial charge in [0.05, 0.1) is 29.3 Å². The highest BCUT2D eigenvalue weighted by atomic mass is 32.2. The number of ether oxygens (including phenoxy) is 2. The molecule has 1 aromatic heterocycles. The Kier molecular flexibility index (Phi) is 6.09. The monoisotopic (exact) mass is 434 g/mol. The Morgan fingerprint density at radius 1 is 1.10 bits per heavy atom. The van der Waals surface area contributed by atoms with Gasteiger partial charge in [-0.05, 0) is 42.8 Å². The van der Waals surface area contributed by atoms with Crippen LogP contribution in [-0.2, 0) is 16.4 Å². The summed E-state index contributed by atoms with van der Waals surface area (Å²) in [4.78, 5) is 17.8. The lowest BCUT2D eigenvalue weighted by atomic mass is 10.2. The van der Waals surface area contributed by atoms with Crippen molar-refractivity contribution in [2.75, 3.05) is 20.5 Å². The Bertz CT molecular complexity index is 1240. The van der Waals surface area contributed by atoms with Crippen molar-refractivity contribution in [1.82, 2.24) is 4.57 Å². The molecule has 0 aliphatic rings. The molecule has 29 heavy (non-hydrogen) atoms. The maximum atomic E-state index is 12.8. The van der Waals surface area contributed by atoms with Gasteiger partial charge in [0, 0.05) is 18.4 Å². The quantitative estimate of drug-likeness (QED) is 0.594. The molecule has 0 aliphatic carbocycles. The number of hydrogen-bond donors (Lipinski definition) is 0. The lowest BCUT2D eigenvalue weighted by molar-refractivity contribution is 0.0997. The molecule has 1 amide bonds. The molecule has 3 aromatic rings. The van der Waals surface area contributed by atoms with E-state index in [2.05, 4.69) is 4.99 Å². The van der Waals surface area contributed by atoms with Crippen molar-refractivity contribution < 1.29 is 22.7 Å². The number of carbonyl (C=O) groups excluding carboxylic acids is 1. The van der Waals surface area contributed by atoms with Crippen LogP contribution in [-0.4, -0.2) is 39.4 Å². The fourth-order valence-corrected chi connectivity index (χ4v) is 4.75. The van der Waals surface area contributed by atoms with Gasteiger partial charge >= 0.3 is 0 Å². The number of sulfone groups is 1. The van der Waals surface area contributed by atoms with Crippen molar-refractivity contribution in [3.05, 3.63) is 46.8 Å².